The number of carbonyl (C=O) groups is 2. The molecule has 0 saturated carbocycles. The van der Waals surface area contributed by atoms with E-state index >= 15 is 0 Å². The number of likely N-dealkylation sites (N-methyl/N-ethyl adjacent to an activating group) is 1. The Morgan fingerprint density at radius 3 is 3.00 bits per heavy atom. The van der Waals surface area contributed by atoms with Gasteiger partial charge < -0.3 is 14.6 Å². The molecule has 1 aromatic carbocycles. The quantitative estimate of drug-likeness (QED) is 0.947. The molecular formula is C16H15FN2O3. The van der Waals surface area contributed by atoms with Crippen molar-refractivity contribution in [3.05, 3.63) is 53.7 Å². The number of carbonyl (C=O) groups excluding carboxylic acids is 2. The van der Waals surface area contributed by atoms with Crippen molar-refractivity contribution in [3.63, 3.8) is 0 Å². The van der Waals surface area contributed by atoms with E-state index in [9.17, 15) is 14.0 Å². The number of amides is 2. The molecule has 1 aliphatic rings. The minimum Gasteiger partial charge on any atom is -0.467 e. The molecule has 0 saturated heterocycles. The number of rotatable bonds is 3. The molecule has 6 heteroatoms. The van der Waals surface area contributed by atoms with Gasteiger partial charge in [0.25, 0.3) is 0 Å². The predicted molar refractivity (Wildman–Crippen MR) is 77.6 cm³/mol. The third-order valence-corrected chi connectivity index (χ3v) is 3.70. The molecule has 0 unspecified atom stereocenters. The number of benzene rings is 1. The van der Waals surface area contributed by atoms with Crippen molar-refractivity contribution >= 4 is 17.5 Å². The van der Waals surface area contributed by atoms with E-state index in [2.05, 4.69) is 5.32 Å². The first-order chi connectivity index (χ1) is 10.5. The number of nitrogens with one attached hydrogen (secondary N) is 1. The minimum absolute atomic E-state index is 0.0555. The number of anilines is 1. The zero-order valence-electron chi connectivity index (χ0n) is 12.0. The first-order valence-corrected chi connectivity index (χ1v) is 6.91. The van der Waals surface area contributed by atoms with Gasteiger partial charge in [-0.15, -0.1) is 0 Å². The van der Waals surface area contributed by atoms with Crippen LogP contribution in [0, 0.1) is 5.82 Å². The maximum absolute atomic E-state index is 13.3. The lowest BCUT2D eigenvalue weighted by atomic mass is 9.89. The van der Waals surface area contributed by atoms with Crippen molar-refractivity contribution in [2.24, 2.45) is 0 Å². The molecule has 0 radical (unpaired) electrons. The summed E-state index contributed by atoms with van der Waals surface area (Å²) in [4.78, 5) is 25.9. The van der Waals surface area contributed by atoms with E-state index in [0.717, 1.165) is 0 Å². The molecular weight excluding hydrogens is 287 g/mol. The van der Waals surface area contributed by atoms with Gasteiger partial charge in [-0.1, -0.05) is 6.07 Å². The molecule has 114 valence electrons. The van der Waals surface area contributed by atoms with E-state index in [-0.39, 0.29) is 18.2 Å². The number of halogens is 1. The van der Waals surface area contributed by atoms with Crippen LogP contribution >= 0.6 is 0 Å². The van der Waals surface area contributed by atoms with Gasteiger partial charge in [-0.2, -0.15) is 0 Å². The number of hydrogen-bond acceptors (Lipinski definition) is 3. The summed E-state index contributed by atoms with van der Waals surface area (Å²) >= 11 is 0. The van der Waals surface area contributed by atoms with Crippen molar-refractivity contribution in [1.82, 2.24) is 4.90 Å². The maximum atomic E-state index is 13.3. The number of nitrogens with zero attached hydrogens (tertiary/aromatic N) is 1. The van der Waals surface area contributed by atoms with Crippen LogP contribution in [0.3, 0.4) is 0 Å². The molecule has 2 amide bonds. The van der Waals surface area contributed by atoms with Crippen molar-refractivity contribution < 1.29 is 18.4 Å². The number of hydrogen-bond donors (Lipinski definition) is 1. The Hall–Kier alpha value is -2.63. The van der Waals surface area contributed by atoms with Gasteiger partial charge in [-0.25, -0.2) is 4.39 Å². The molecule has 3 rings (SSSR count). The first kappa shape index (κ1) is 14.3. The average molecular weight is 302 g/mol. The molecule has 1 N–H and O–H groups in total. The lowest BCUT2D eigenvalue weighted by Gasteiger charge is -2.28. The molecule has 1 atom stereocenters. The molecule has 0 bridgehead atoms. The predicted octanol–water partition coefficient (Wildman–Crippen LogP) is 2.50. The molecule has 2 aromatic rings. The Morgan fingerprint density at radius 2 is 2.27 bits per heavy atom. The summed E-state index contributed by atoms with van der Waals surface area (Å²) in [5, 5.41) is 2.60. The zero-order chi connectivity index (χ0) is 15.7. The van der Waals surface area contributed by atoms with E-state index in [1.165, 1.54) is 17.0 Å². The Balaban J connectivity index is 1.85. The van der Waals surface area contributed by atoms with Crippen LogP contribution in [0.1, 0.15) is 23.7 Å². The van der Waals surface area contributed by atoms with Gasteiger partial charge >= 0.3 is 0 Å². The monoisotopic (exact) mass is 302 g/mol. The van der Waals surface area contributed by atoms with Crippen LogP contribution in [-0.2, 0) is 16.1 Å². The first-order valence-electron chi connectivity index (χ1n) is 6.91. The lowest BCUT2D eigenvalue weighted by molar-refractivity contribution is -0.134. The molecule has 22 heavy (non-hydrogen) atoms. The summed E-state index contributed by atoms with van der Waals surface area (Å²) in [6.45, 7) is 0.320. The Labute approximate surface area is 126 Å². The number of furan rings is 1. The van der Waals surface area contributed by atoms with Crippen LogP contribution < -0.4 is 5.32 Å². The average Bonchev–Trinajstić information content (AvgIpc) is 2.98. The molecule has 0 fully saturated rings. The zero-order valence-corrected chi connectivity index (χ0v) is 12.0. The topological polar surface area (TPSA) is 62.6 Å². The van der Waals surface area contributed by atoms with Gasteiger partial charge in [0.05, 0.1) is 18.7 Å². The second-order valence-electron chi connectivity index (χ2n) is 5.31. The molecule has 0 aliphatic carbocycles. The normalized spacial score (nSPS) is 16.8. The molecule has 2 heterocycles. The fourth-order valence-corrected chi connectivity index (χ4v) is 2.64. The Bertz CT molecular complexity index is 712. The molecule has 0 spiro atoms. The van der Waals surface area contributed by atoms with Crippen molar-refractivity contribution in [1.29, 1.82) is 0 Å². The Morgan fingerprint density at radius 1 is 1.45 bits per heavy atom. The largest absolute Gasteiger partial charge is 0.467 e. The van der Waals surface area contributed by atoms with Crippen molar-refractivity contribution in [3.8, 4) is 0 Å². The van der Waals surface area contributed by atoms with Crippen molar-refractivity contribution in [2.45, 2.75) is 18.9 Å². The standard InChI is InChI=1S/C16H15FN2O3/c1-19(9-11-3-2-6-22-11)16(21)13-8-15(20)18-14-7-10(17)4-5-12(13)14/h2-7,13H,8-9H2,1H3,(H,18,20)/t13-/m0/s1. The highest BCUT2D eigenvalue weighted by Crippen LogP contribution is 2.34. The third-order valence-electron chi connectivity index (χ3n) is 3.70. The van der Waals surface area contributed by atoms with Gasteiger partial charge in [0, 0.05) is 19.2 Å². The van der Waals surface area contributed by atoms with E-state index in [1.807, 2.05) is 0 Å². The SMILES string of the molecule is CN(Cc1ccco1)C(=O)[C@H]1CC(=O)Nc2cc(F)ccc21. The van der Waals surface area contributed by atoms with E-state index < -0.39 is 11.7 Å². The summed E-state index contributed by atoms with van der Waals surface area (Å²) in [5.41, 5.74) is 0.998. The van der Waals surface area contributed by atoms with Gasteiger partial charge in [0.15, 0.2) is 0 Å². The van der Waals surface area contributed by atoms with E-state index in [0.29, 0.717) is 23.6 Å². The van der Waals surface area contributed by atoms with Gasteiger partial charge in [-0.05, 0) is 29.8 Å². The minimum atomic E-state index is -0.607. The van der Waals surface area contributed by atoms with Crippen LogP contribution in [0.2, 0.25) is 0 Å². The highest BCUT2D eigenvalue weighted by atomic mass is 19.1. The summed E-state index contributed by atoms with van der Waals surface area (Å²) < 4.78 is 18.5. The van der Waals surface area contributed by atoms with Crippen LogP contribution in [0.25, 0.3) is 0 Å². The van der Waals surface area contributed by atoms with E-state index in [1.54, 1.807) is 31.5 Å². The molecule has 1 aromatic heterocycles. The van der Waals surface area contributed by atoms with Crippen LogP contribution in [0.5, 0.6) is 0 Å². The highest BCUT2D eigenvalue weighted by molar-refractivity contribution is 6.01. The fraction of sp³-hybridized carbons (Fsp3) is 0.250. The summed E-state index contributed by atoms with van der Waals surface area (Å²) in [5.74, 6) is -0.877. The van der Waals surface area contributed by atoms with Gasteiger partial charge in [0.2, 0.25) is 11.8 Å². The summed E-state index contributed by atoms with van der Waals surface area (Å²) in [6.07, 6.45) is 1.60. The van der Waals surface area contributed by atoms with Gasteiger partial charge in [-0.3, -0.25) is 9.59 Å². The van der Waals surface area contributed by atoms with E-state index in [4.69, 9.17) is 4.42 Å². The smallest absolute Gasteiger partial charge is 0.230 e. The summed E-state index contributed by atoms with van der Waals surface area (Å²) in [7, 11) is 1.65. The van der Waals surface area contributed by atoms with Crippen LogP contribution in [-0.4, -0.2) is 23.8 Å². The highest BCUT2D eigenvalue weighted by Gasteiger charge is 2.32. The Kier molecular flexibility index (Phi) is 3.66. The molecule has 5 nitrogen and oxygen atoms in total. The second kappa shape index (κ2) is 5.63. The fourth-order valence-electron chi connectivity index (χ4n) is 2.64. The third kappa shape index (κ3) is 2.72. The number of fused-ring (bicyclic) bond motifs is 1. The maximum Gasteiger partial charge on any atom is 0.230 e. The lowest BCUT2D eigenvalue weighted by Crippen LogP contribution is -2.36. The van der Waals surface area contributed by atoms with Crippen LogP contribution in [0.15, 0.2) is 41.0 Å². The summed E-state index contributed by atoms with van der Waals surface area (Å²) in [6, 6.07) is 7.61. The second-order valence-corrected chi connectivity index (χ2v) is 5.31. The van der Waals surface area contributed by atoms with Gasteiger partial charge in [0.1, 0.15) is 11.6 Å². The van der Waals surface area contributed by atoms with Crippen molar-refractivity contribution in [2.75, 3.05) is 12.4 Å². The molecule has 1 aliphatic heterocycles. The van der Waals surface area contributed by atoms with Crippen LogP contribution in [0.4, 0.5) is 10.1 Å².